The first-order valence-electron chi connectivity index (χ1n) is 7.14. The monoisotopic (exact) mass is 318 g/mol. The maximum Gasteiger partial charge on any atom is 0.386 e. The number of fused-ring (bicyclic) bond motifs is 1. The molecule has 2 nitrogen and oxygen atoms in total. The molecule has 2 aromatic carbocycles. The summed E-state index contributed by atoms with van der Waals surface area (Å²) in [5, 5.41) is 0. The molecule has 3 aromatic rings. The summed E-state index contributed by atoms with van der Waals surface area (Å²) in [5.74, 6) is 1.00. The van der Waals surface area contributed by atoms with E-state index in [2.05, 4.69) is 34.3 Å². The van der Waals surface area contributed by atoms with E-state index >= 15 is 0 Å². The van der Waals surface area contributed by atoms with Crippen LogP contribution in [-0.2, 0) is 6.42 Å². The van der Waals surface area contributed by atoms with E-state index < -0.39 is 6.18 Å². The highest BCUT2D eigenvalue weighted by molar-refractivity contribution is 5.74. The molecule has 23 heavy (non-hydrogen) atoms. The smallest absolute Gasteiger partial charge is 0.342 e. The molecule has 0 saturated heterocycles. The lowest BCUT2D eigenvalue weighted by Crippen LogP contribution is -1.95. The summed E-state index contributed by atoms with van der Waals surface area (Å²) < 4.78 is 31.1. The van der Waals surface area contributed by atoms with Crippen molar-refractivity contribution in [2.45, 2.75) is 19.5 Å². The first-order valence-corrected chi connectivity index (χ1v) is 7.14. The average Bonchev–Trinajstić information content (AvgIpc) is 2.89. The Balaban J connectivity index is 0.000000338. The van der Waals surface area contributed by atoms with Gasteiger partial charge in [-0.05, 0) is 17.7 Å². The molecule has 5 heteroatoms. The van der Waals surface area contributed by atoms with Gasteiger partial charge in [0.15, 0.2) is 0 Å². The number of nitrogens with zero attached hydrogens (tertiary/aromatic N) is 1. The number of alkyl halides is 3. The zero-order chi connectivity index (χ0) is 16.7. The molecule has 0 saturated carbocycles. The second-order valence-corrected chi connectivity index (χ2v) is 5.00. The van der Waals surface area contributed by atoms with Gasteiger partial charge in [0, 0.05) is 13.3 Å². The third-order valence-electron chi connectivity index (χ3n) is 2.86. The van der Waals surface area contributed by atoms with Crippen LogP contribution >= 0.6 is 0 Å². The van der Waals surface area contributed by atoms with Gasteiger partial charge >= 0.3 is 6.18 Å². The molecule has 1 aromatic heterocycles. The summed E-state index contributed by atoms with van der Waals surface area (Å²) in [6, 6.07) is 18.4. The number of H-pyrrole nitrogens is 1. The maximum atomic E-state index is 10.4. The van der Waals surface area contributed by atoms with Crippen LogP contribution in [0.4, 0.5) is 13.2 Å². The zero-order valence-corrected chi connectivity index (χ0v) is 12.6. The Labute approximate surface area is 132 Å². The first-order chi connectivity index (χ1) is 10.9. The number of hydrogen-bond acceptors (Lipinski definition) is 1. The maximum absolute atomic E-state index is 10.4. The van der Waals surface area contributed by atoms with Gasteiger partial charge in [-0.1, -0.05) is 54.6 Å². The summed E-state index contributed by atoms with van der Waals surface area (Å²) in [6.07, 6.45) is 1.07. The Morgan fingerprint density at radius 1 is 1.00 bits per heavy atom. The zero-order valence-electron chi connectivity index (χ0n) is 12.6. The highest BCUT2D eigenvalue weighted by Gasteiger charge is 2.15. The number of rotatable bonds is 3. The third kappa shape index (κ3) is 6.38. The van der Waals surface area contributed by atoms with Crippen molar-refractivity contribution in [3.05, 3.63) is 72.1 Å². The van der Waals surface area contributed by atoms with Gasteiger partial charge in [0.25, 0.3) is 0 Å². The normalized spacial score (nSPS) is 11.5. The van der Waals surface area contributed by atoms with Crippen molar-refractivity contribution in [3.63, 3.8) is 0 Å². The quantitative estimate of drug-likeness (QED) is 0.689. The van der Waals surface area contributed by atoms with Gasteiger partial charge in [0.2, 0.25) is 0 Å². The van der Waals surface area contributed by atoms with Crippen molar-refractivity contribution in [2.75, 3.05) is 0 Å². The molecule has 120 valence electrons. The summed E-state index contributed by atoms with van der Waals surface area (Å²) in [6.45, 7) is 0.188. The molecule has 0 unspecified atom stereocenters. The molecule has 0 fully saturated rings. The molecule has 1 N–H and O–H groups in total. The summed E-state index contributed by atoms with van der Waals surface area (Å²) in [7, 11) is 0. The lowest BCUT2D eigenvalue weighted by molar-refractivity contribution is -0.110. The summed E-state index contributed by atoms with van der Waals surface area (Å²) in [4.78, 5) is 7.86. The second kappa shape index (κ2) is 7.63. The average molecular weight is 318 g/mol. The van der Waals surface area contributed by atoms with Crippen molar-refractivity contribution in [1.82, 2.24) is 9.97 Å². The Bertz CT molecular complexity index is 720. The Morgan fingerprint density at radius 3 is 2.26 bits per heavy atom. The summed E-state index contributed by atoms with van der Waals surface area (Å²) >= 11 is 0. The lowest BCUT2D eigenvalue weighted by atomic mass is 10.2. The molecular formula is C18H17F3N2. The van der Waals surface area contributed by atoms with Crippen LogP contribution in [0.25, 0.3) is 17.1 Å². The first kappa shape index (κ1) is 16.8. The van der Waals surface area contributed by atoms with Crippen LogP contribution in [-0.4, -0.2) is 16.1 Å². The highest BCUT2D eigenvalue weighted by Crippen LogP contribution is 2.11. The van der Waals surface area contributed by atoms with Crippen LogP contribution in [0.3, 0.4) is 0 Å². The predicted molar refractivity (Wildman–Crippen MR) is 87.0 cm³/mol. The molecule has 0 spiro atoms. The number of halogens is 3. The fraction of sp³-hybridized carbons (Fsp3) is 0.167. The van der Waals surface area contributed by atoms with Crippen molar-refractivity contribution < 1.29 is 13.2 Å². The van der Waals surface area contributed by atoms with E-state index in [1.165, 1.54) is 5.56 Å². The third-order valence-corrected chi connectivity index (χ3v) is 2.86. The van der Waals surface area contributed by atoms with Crippen molar-refractivity contribution in [3.8, 4) is 0 Å². The van der Waals surface area contributed by atoms with Crippen molar-refractivity contribution in [2.24, 2.45) is 0 Å². The Morgan fingerprint density at radius 2 is 1.61 bits per heavy atom. The number of imidazole rings is 1. The SMILES string of the molecule is C(=C\c1ccccc1)/Cc1nc2ccccc2[nH]1.CC(F)(F)F. The van der Waals surface area contributed by atoms with Crippen LogP contribution < -0.4 is 0 Å². The standard InChI is InChI=1S/C16H14N2.C2H3F3/c1-2-7-13(8-3-1)9-6-12-16-17-14-10-4-5-11-15(14)18-16;1-2(3,4)5/h1-11H,12H2,(H,17,18);1H3/b9-6+;. The fourth-order valence-electron chi connectivity index (χ4n) is 1.97. The minimum absolute atomic E-state index is 0.188. The number of nitrogens with one attached hydrogen (secondary N) is 1. The van der Waals surface area contributed by atoms with Crippen LogP contribution in [0.5, 0.6) is 0 Å². The van der Waals surface area contributed by atoms with Gasteiger partial charge < -0.3 is 4.98 Å². The number of aromatic amines is 1. The van der Waals surface area contributed by atoms with E-state index in [-0.39, 0.29) is 6.92 Å². The molecule has 0 aliphatic heterocycles. The van der Waals surface area contributed by atoms with E-state index in [0.29, 0.717) is 0 Å². The number of hydrogen-bond donors (Lipinski definition) is 1. The number of benzene rings is 2. The molecule has 0 bridgehead atoms. The van der Waals surface area contributed by atoms with E-state index in [4.69, 9.17) is 0 Å². The molecule has 3 rings (SSSR count). The van der Waals surface area contributed by atoms with Gasteiger partial charge in [-0.25, -0.2) is 4.98 Å². The molecule has 0 amide bonds. The van der Waals surface area contributed by atoms with Crippen LogP contribution in [0.15, 0.2) is 60.7 Å². The van der Waals surface area contributed by atoms with E-state index in [1.807, 2.05) is 42.5 Å². The number of aromatic nitrogens is 2. The predicted octanol–water partition coefficient (Wildman–Crippen LogP) is 5.39. The molecule has 0 aliphatic rings. The number of allylic oxidation sites excluding steroid dienone is 1. The van der Waals surface area contributed by atoms with E-state index in [0.717, 1.165) is 23.3 Å². The van der Waals surface area contributed by atoms with Gasteiger partial charge in [0.1, 0.15) is 5.82 Å². The van der Waals surface area contributed by atoms with Crippen molar-refractivity contribution in [1.29, 1.82) is 0 Å². The van der Waals surface area contributed by atoms with Gasteiger partial charge in [-0.3, -0.25) is 0 Å². The van der Waals surface area contributed by atoms with E-state index in [1.54, 1.807) is 0 Å². The Hall–Kier alpha value is -2.56. The fourth-order valence-corrected chi connectivity index (χ4v) is 1.97. The van der Waals surface area contributed by atoms with Gasteiger partial charge in [-0.2, -0.15) is 13.2 Å². The molecule has 0 radical (unpaired) electrons. The molecule has 1 heterocycles. The largest absolute Gasteiger partial charge is 0.386 e. The van der Waals surface area contributed by atoms with Gasteiger partial charge in [-0.15, -0.1) is 0 Å². The minimum Gasteiger partial charge on any atom is -0.342 e. The van der Waals surface area contributed by atoms with Crippen molar-refractivity contribution >= 4 is 17.1 Å². The van der Waals surface area contributed by atoms with E-state index in [9.17, 15) is 13.2 Å². The van der Waals surface area contributed by atoms with Crippen LogP contribution in [0.1, 0.15) is 18.3 Å². The highest BCUT2D eigenvalue weighted by atomic mass is 19.4. The Kier molecular flexibility index (Phi) is 5.57. The molecular weight excluding hydrogens is 301 g/mol. The summed E-state index contributed by atoms with van der Waals surface area (Å²) in [5.41, 5.74) is 3.34. The van der Waals surface area contributed by atoms with Crippen LogP contribution in [0.2, 0.25) is 0 Å². The molecule has 0 aliphatic carbocycles. The topological polar surface area (TPSA) is 28.7 Å². The molecule has 0 atom stereocenters. The van der Waals surface area contributed by atoms with Gasteiger partial charge in [0.05, 0.1) is 11.0 Å². The second-order valence-electron chi connectivity index (χ2n) is 5.00. The number of para-hydroxylation sites is 2. The minimum atomic E-state index is -4.00. The van der Waals surface area contributed by atoms with Crippen LogP contribution in [0, 0.1) is 0 Å². The lowest BCUT2D eigenvalue weighted by Gasteiger charge is -1.91.